The van der Waals surface area contributed by atoms with Crippen LogP contribution in [0.1, 0.15) is 0 Å². The molecule has 0 amide bonds. The van der Waals surface area contributed by atoms with Crippen LogP contribution in [0.5, 0.6) is 0 Å². The minimum Gasteiger partial charge on any atom is -0.370 e. The zero-order valence-electron chi connectivity index (χ0n) is 4.76. The lowest BCUT2D eigenvalue weighted by Gasteiger charge is -1.96. The van der Waals surface area contributed by atoms with E-state index in [1.807, 2.05) is 12.1 Å². The average molecular weight is 142 g/mol. The highest BCUT2D eigenvalue weighted by Gasteiger charge is 1.84. The number of nitrogens with one attached hydrogen (secondary N) is 1. The van der Waals surface area contributed by atoms with Crippen LogP contribution in [0.4, 0.5) is 5.69 Å². The van der Waals surface area contributed by atoms with Crippen molar-refractivity contribution in [1.29, 1.82) is 0 Å². The first-order valence-corrected chi connectivity index (χ1v) is 3.09. The fourth-order valence-corrected chi connectivity index (χ4v) is 0.641. The molecule has 1 aromatic heterocycles. The summed E-state index contributed by atoms with van der Waals surface area (Å²) in [6.45, 7) is 0. The zero-order valence-corrected chi connectivity index (χ0v) is 5.52. The first kappa shape index (κ1) is 6.36. The summed E-state index contributed by atoms with van der Waals surface area (Å²) in [5, 5.41) is 2.85. The topological polar surface area (TPSA) is 24.9 Å². The van der Waals surface area contributed by atoms with Crippen molar-refractivity contribution in [2.24, 2.45) is 0 Å². The molecule has 0 atom stereocenters. The molecule has 2 nitrogen and oxygen atoms in total. The van der Waals surface area contributed by atoms with Crippen LogP contribution in [0.2, 0.25) is 0 Å². The van der Waals surface area contributed by atoms with Gasteiger partial charge in [-0.2, -0.15) is 0 Å². The van der Waals surface area contributed by atoms with E-state index < -0.39 is 0 Å². The van der Waals surface area contributed by atoms with Crippen molar-refractivity contribution < 1.29 is 0 Å². The number of hydrogen-bond acceptors (Lipinski definition) is 2. The van der Waals surface area contributed by atoms with Gasteiger partial charge in [0.2, 0.25) is 0 Å². The van der Waals surface area contributed by atoms with Crippen LogP contribution in [0.25, 0.3) is 0 Å². The van der Waals surface area contributed by atoms with Crippen molar-refractivity contribution >= 4 is 17.3 Å². The SMILES string of the molecule is ClCNc1[c]nccc1. The Kier molecular flexibility index (Phi) is 2.33. The van der Waals surface area contributed by atoms with Gasteiger partial charge in [0.15, 0.2) is 0 Å². The van der Waals surface area contributed by atoms with Crippen molar-refractivity contribution in [2.45, 2.75) is 0 Å². The molecule has 1 N–H and O–H groups in total. The normalized spacial score (nSPS) is 9.00. The highest BCUT2D eigenvalue weighted by Crippen LogP contribution is 2.00. The average Bonchev–Trinajstić information content (AvgIpc) is 1.91. The molecule has 1 heterocycles. The second-order valence-corrected chi connectivity index (χ2v) is 1.74. The third-order valence-electron chi connectivity index (χ3n) is 0.866. The Morgan fingerprint density at radius 2 is 2.67 bits per heavy atom. The monoisotopic (exact) mass is 141 g/mol. The molecular weight excluding hydrogens is 136 g/mol. The van der Waals surface area contributed by atoms with Crippen molar-refractivity contribution in [1.82, 2.24) is 4.98 Å². The van der Waals surface area contributed by atoms with Crippen LogP contribution >= 0.6 is 11.6 Å². The Morgan fingerprint density at radius 3 is 3.22 bits per heavy atom. The minimum absolute atomic E-state index is 0.391. The summed E-state index contributed by atoms with van der Waals surface area (Å²) in [5.41, 5.74) is 0.826. The van der Waals surface area contributed by atoms with E-state index in [1.54, 1.807) is 6.20 Å². The van der Waals surface area contributed by atoms with Crippen molar-refractivity contribution in [3.8, 4) is 0 Å². The second kappa shape index (κ2) is 3.30. The highest BCUT2D eigenvalue weighted by molar-refractivity contribution is 6.18. The molecule has 0 aliphatic rings. The van der Waals surface area contributed by atoms with Crippen molar-refractivity contribution in [3.05, 3.63) is 24.5 Å². The molecule has 1 radical (unpaired) electrons. The summed E-state index contributed by atoms with van der Waals surface area (Å²) in [6, 6.07) is 4.07. The second-order valence-electron chi connectivity index (χ2n) is 1.47. The summed E-state index contributed by atoms with van der Waals surface area (Å²) in [6.07, 6.45) is 4.39. The number of halogens is 1. The van der Waals surface area contributed by atoms with Crippen LogP contribution in [0.3, 0.4) is 0 Å². The summed E-state index contributed by atoms with van der Waals surface area (Å²) in [4.78, 5) is 3.76. The van der Waals surface area contributed by atoms with Crippen LogP contribution in [0, 0.1) is 6.20 Å². The molecule has 9 heavy (non-hydrogen) atoms. The molecule has 0 aliphatic heterocycles. The van der Waals surface area contributed by atoms with Gasteiger partial charge in [-0.15, -0.1) is 11.6 Å². The van der Waals surface area contributed by atoms with Crippen LogP contribution in [-0.4, -0.2) is 11.0 Å². The van der Waals surface area contributed by atoms with Gasteiger partial charge < -0.3 is 5.32 Å². The molecule has 0 saturated heterocycles. The summed E-state index contributed by atoms with van der Waals surface area (Å²) in [7, 11) is 0. The molecule has 1 aromatic rings. The minimum atomic E-state index is 0.391. The van der Waals surface area contributed by atoms with E-state index in [0.717, 1.165) is 5.69 Å². The number of hydrogen-bond donors (Lipinski definition) is 1. The first-order valence-electron chi connectivity index (χ1n) is 2.56. The predicted octanol–water partition coefficient (Wildman–Crippen LogP) is 1.49. The van der Waals surface area contributed by atoms with Gasteiger partial charge >= 0.3 is 0 Å². The molecule has 0 aromatic carbocycles. The maximum absolute atomic E-state index is 5.38. The first-order chi connectivity index (χ1) is 4.43. The molecule has 0 unspecified atom stereocenters. The van der Waals surface area contributed by atoms with E-state index in [0.29, 0.717) is 6.00 Å². The van der Waals surface area contributed by atoms with E-state index in [9.17, 15) is 0 Å². The van der Waals surface area contributed by atoms with Gasteiger partial charge in [-0.05, 0) is 12.1 Å². The third-order valence-corrected chi connectivity index (χ3v) is 0.999. The summed E-state index contributed by atoms with van der Waals surface area (Å²) >= 11 is 5.38. The Labute approximate surface area is 58.9 Å². The van der Waals surface area contributed by atoms with Gasteiger partial charge in [-0.1, -0.05) is 0 Å². The van der Waals surface area contributed by atoms with E-state index in [1.165, 1.54) is 0 Å². The van der Waals surface area contributed by atoms with E-state index in [-0.39, 0.29) is 0 Å². The number of nitrogens with zero attached hydrogens (tertiary/aromatic N) is 1. The third kappa shape index (κ3) is 1.90. The van der Waals surface area contributed by atoms with Gasteiger partial charge in [-0.25, -0.2) is 0 Å². The Hall–Kier alpha value is -0.760. The van der Waals surface area contributed by atoms with Crippen molar-refractivity contribution in [3.63, 3.8) is 0 Å². The van der Waals surface area contributed by atoms with Crippen LogP contribution in [-0.2, 0) is 0 Å². The van der Waals surface area contributed by atoms with Crippen molar-refractivity contribution in [2.75, 3.05) is 11.3 Å². The predicted molar refractivity (Wildman–Crippen MR) is 37.4 cm³/mol. The van der Waals surface area contributed by atoms with Gasteiger partial charge in [-0.3, -0.25) is 4.98 Å². The lowest BCUT2D eigenvalue weighted by Crippen LogP contribution is -1.93. The fraction of sp³-hybridized carbons (Fsp3) is 0.167. The quantitative estimate of drug-likeness (QED) is 0.499. The standard InChI is InChI=1S/C6H6ClN2/c7-5-9-6-2-1-3-8-4-6/h1-3,9H,5H2. The molecule has 47 valence electrons. The maximum Gasteiger partial charge on any atom is 0.114 e. The Balaban J connectivity index is 2.61. The smallest absolute Gasteiger partial charge is 0.114 e. The van der Waals surface area contributed by atoms with Gasteiger partial charge in [0.25, 0.3) is 0 Å². The number of rotatable bonds is 2. The highest BCUT2D eigenvalue weighted by atomic mass is 35.5. The number of pyridine rings is 1. The largest absolute Gasteiger partial charge is 0.370 e. The summed E-state index contributed by atoms with van der Waals surface area (Å²) < 4.78 is 0. The van der Waals surface area contributed by atoms with Gasteiger partial charge in [0, 0.05) is 6.20 Å². The lowest BCUT2D eigenvalue weighted by molar-refractivity contribution is 1.29. The van der Waals surface area contributed by atoms with E-state index in [2.05, 4.69) is 16.5 Å². The van der Waals surface area contributed by atoms with Crippen LogP contribution < -0.4 is 5.32 Å². The summed E-state index contributed by atoms with van der Waals surface area (Å²) in [5.74, 6) is 0. The van der Waals surface area contributed by atoms with E-state index >= 15 is 0 Å². The molecule has 0 bridgehead atoms. The van der Waals surface area contributed by atoms with Gasteiger partial charge in [0.05, 0.1) is 11.7 Å². The molecule has 1 rings (SSSR count). The molecule has 0 spiro atoms. The number of aromatic nitrogens is 1. The molecule has 0 fully saturated rings. The molecular formula is C6H6ClN2. The fourth-order valence-electron chi connectivity index (χ4n) is 0.497. The Morgan fingerprint density at radius 1 is 1.78 bits per heavy atom. The molecule has 3 heteroatoms. The van der Waals surface area contributed by atoms with Gasteiger partial charge in [0.1, 0.15) is 6.20 Å². The number of anilines is 1. The lowest BCUT2D eigenvalue weighted by atomic mass is 10.4. The zero-order chi connectivity index (χ0) is 6.53. The van der Waals surface area contributed by atoms with E-state index in [4.69, 9.17) is 11.6 Å². The number of alkyl halides is 1. The molecule has 0 saturated carbocycles. The maximum atomic E-state index is 5.38. The Bertz CT molecular complexity index is 164. The van der Waals surface area contributed by atoms with Crippen LogP contribution in [0.15, 0.2) is 18.3 Å². The molecule has 0 aliphatic carbocycles.